The first kappa shape index (κ1) is 23.5. The number of para-hydroxylation sites is 1. The van der Waals surface area contributed by atoms with Crippen molar-refractivity contribution in [1.82, 2.24) is 0 Å². The van der Waals surface area contributed by atoms with Crippen LogP contribution < -0.4 is 0 Å². The summed E-state index contributed by atoms with van der Waals surface area (Å²) in [5.74, 6) is 0.192. The van der Waals surface area contributed by atoms with Gasteiger partial charge in [-0.05, 0) is 36.8 Å². The third kappa shape index (κ3) is 11.7. The van der Waals surface area contributed by atoms with Crippen molar-refractivity contribution in [2.24, 2.45) is 0 Å². The van der Waals surface area contributed by atoms with Crippen molar-refractivity contribution in [2.45, 2.75) is 109 Å². The summed E-state index contributed by atoms with van der Waals surface area (Å²) in [5.41, 5.74) is 1.11. The number of rotatable bonds is 17. The standard InChI is InChI=1S/C24H40O3/c1-2-3-4-5-6-8-11-16-21(22-18-14-15-19-23(22)25)17-12-9-7-10-13-20-24(26)27/h14-15,18-19,21,25H,2-13,16-17,20H2,1H3,(H,26,27). The second-order valence-electron chi connectivity index (χ2n) is 7.87. The number of hydrogen-bond acceptors (Lipinski definition) is 2. The maximum atomic E-state index is 10.5. The molecule has 0 bridgehead atoms. The van der Waals surface area contributed by atoms with E-state index >= 15 is 0 Å². The Morgan fingerprint density at radius 2 is 1.33 bits per heavy atom. The molecule has 0 aromatic heterocycles. The fourth-order valence-corrected chi connectivity index (χ4v) is 3.83. The van der Waals surface area contributed by atoms with E-state index in [2.05, 4.69) is 13.0 Å². The molecule has 1 unspecified atom stereocenters. The Kier molecular flexibility index (Phi) is 13.5. The van der Waals surface area contributed by atoms with Gasteiger partial charge in [0.25, 0.3) is 0 Å². The van der Waals surface area contributed by atoms with Crippen molar-refractivity contribution >= 4 is 5.97 Å². The quantitative estimate of drug-likeness (QED) is 0.278. The van der Waals surface area contributed by atoms with Gasteiger partial charge in [-0.3, -0.25) is 4.79 Å². The highest BCUT2D eigenvalue weighted by atomic mass is 16.4. The number of phenols is 1. The number of aliphatic carboxylic acids is 1. The van der Waals surface area contributed by atoms with Gasteiger partial charge in [-0.1, -0.05) is 95.8 Å². The molecule has 0 saturated carbocycles. The number of hydrogen-bond donors (Lipinski definition) is 2. The molecule has 0 heterocycles. The molecule has 0 aliphatic carbocycles. The first-order valence-corrected chi connectivity index (χ1v) is 11.1. The van der Waals surface area contributed by atoms with Crippen LogP contribution in [0.15, 0.2) is 24.3 Å². The Labute approximate surface area is 166 Å². The lowest BCUT2D eigenvalue weighted by atomic mass is 9.87. The average molecular weight is 377 g/mol. The summed E-state index contributed by atoms with van der Waals surface area (Å²) in [6.07, 6.45) is 17.0. The molecule has 154 valence electrons. The van der Waals surface area contributed by atoms with E-state index in [0.29, 0.717) is 18.1 Å². The molecule has 3 nitrogen and oxygen atoms in total. The van der Waals surface area contributed by atoms with Crippen molar-refractivity contribution in [2.75, 3.05) is 0 Å². The molecule has 1 atom stereocenters. The van der Waals surface area contributed by atoms with Crippen LogP contribution in [-0.2, 0) is 4.79 Å². The zero-order valence-corrected chi connectivity index (χ0v) is 17.3. The molecule has 0 saturated heterocycles. The van der Waals surface area contributed by atoms with Crippen LogP contribution in [0, 0.1) is 0 Å². The molecule has 0 fully saturated rings. The number of carbonyl (C=O) groups is 1. The van der Waals surface area contributed by atoms with Crippen molar-refractivity contribution in [3.05, 3.63) is 29.8 Å². The zero-order chi connectivity index (χ0) is 19.7. The molecule has 1 aromatic carbocycles. The number of carboxylic acids is 1. The molecule has 0 amide bonds. The third-order valence-corrected chi connectivity index (χ3v) is 5.48. The fourth-order valence-electron chi connectivity index (χ4n) is 3.83. The van der Waals surface area contributed by atoms with Crippen molar-refractivity contribution in [3.63, 3.8) is 0 Å². The molecule has 1 rings (SSSR count). The fraction of sp³-hybridized carbons (Fsp3) is 0.708. The van der Waals surface area contributed by atoms with Crippen LogP contribution in [-0.4, -0.2) is 16.2 Å². The number of unbranched alkanes of at least 4 members (excludes halogenated alkanes) is 10. The molecule has 0 radical (unpaired) electrons. The van der Waals surface area contributed by atoms with Crippen LogP contribution in [0.2, 0.25) is 0 Å². The Hall–Kier alpha value is -1.51. The lowest BCUT2D eigenvalue weighted by molar-refractivity contribution is -0.137. The highest BCUT2D eigenvalue weighted by Gasteiger charge is 2.14. The SMILES string of the molecule is CCCCCCCCCC(CCCCCCCC(=O)O)c1ccccc1O. The van der Waals surface area contributed by atoms with E-state index in [1.165, 1.54) is 44.9 Å². The summed E-state index contributed by atoms with van der Waals surface area (Å²) in [6.45, 7) is 2.25. The van der Waals surface area contributed by atoms with Gasteiger partial charge in [0, 0.05) is 6.42 Å². The molecular weight excluding hydrogens is 336 g/mol. The van der Waals surface area contributed by atoms with Gasteiger partial charge in [-0.25, -0.2) is 0 Å². The molecule has 1 aromatic rings. The molecule has 3 heteroatoms. The topological polar surface area (TPSA) is 57.5 Å². The van der Waals surface area contributed by atoms with E-state index in [-0.39, 0.29) is 0 Å². The van der Waals surface area contributed by atoms with E-state index in [1.807, 2.05) is 12.1 Å². The molecular formula is C24H40O3. The van der Waals surface area contributed by atoms with Crippen molar-refractivity contribution in [3.8, 4) is 5.75 Å². The van der Waals surface area contributed by atoms with Gasteiger partial charge in [-0.2, -0.15) is 0 Å². The molecule has 0 aliphatic rings. The van der Waals surface area contributed by atoms with Crippen molar-refractivity contribution in [1.29, 1.82) is 0 Å². The minimum atomic E-state index is -0.690. The molecule has 27 heavy (non-hydrogen) atoms. The van der Waals surface area contributed by atoms with E-state index in [1.54, 1.807) is 6.07 Å². The largest absolute Gasteiger partial charge is 0.508 e. The highest BCUT2D eigenvalue weighted by Crippen LogP contribution is 2.33. The number of carboxylic acid groups (broad SMARTS) is 1. The van der Waals surface area contributed by atoms with E-state index in [0.717, 1.165) is 50.5 Å². The molecule has 0 spiro atoms. The smallest absolute Gasteiger partial charge is 0.303 e. The average Bonchev–Trinajstić information content (AvgIpc) is 2.65. The second-order valence-corrected chi connectivity index (χ2v) is 7.87. The first-order chi connectivity index (χ1) is 13.1. The van der Waals surface area contributed by atoms with E-state index in [9.17, 15) is 9.90 Å². The van der Waals surface area contributed by atoms with Crippen LogP contribution >= 0.6 is 0 Å². The Morgan fingerprint density at radius 3 is 1.89 bits per heavy atom. The van der Waals surface area contributed by atoms with Gasteiger partial charge in [0.2, 0.25) is 0 Å². The first-order valence-electron chi connectivity index (χ1n) is 11.1. The maximum Gasteiger partial charge on any atom is 0.303 e. The van der Waals surface area contributed by atoms with Crippen LogP contribution in [0.1, 0.15) is 115 Å². The lowest BCUT2D eigenvalue weighted by Gasteiger charge is -2.18. The van der Waals surface area contributed by atoms with Crippen molar-refractivity contribution < 1.29 is 15.0 Å². The Balaban J connectivity index is 2.32. The van der Waals surface area contributed by atoms with Gasteiger partial charge < -0.3 is 10.2 Å². The Morgan fingerprint density at radius 1 is 0.815 bits per heavy atom. The van der Waals surface area contributed by atoms with Gasteiger partial charge in [0.15, 0.2) is 0 Å². The Bertz CT molecular complexity index is 498. The zero-order valence-electron chi connectivity index (χ0n) is 17.3. The van der Waals surface area contributed by atoms with Gasteiger partial charge in [-0.15, -0.1) is 0 Å². The summed E-state index contributed by atoms with van der Waals surface area (Å²) >= 11 is 0. The molecule has 0 aliphatic heterocycles. The summed E-state index contributed by atoms with van der Waals surface area (Å²) < 4.78 is 0. The van der Waals surface area contributed by atoms with Gasteiger partial charge in [0.05, 0.1) is 0 Å². The third-order valence-electron chi connectivity index (χ3n) is 5.48. The monoisotopic (exact) mass is 376 g/mol. The van der Waals surface area contributed by atoms with E-state index < -0.39 is 5.97 Å². The second kappa shape index (κ2) is 15.5. The maximum absolute atomic E-state index is 10.5. The highest BCUT2D eigenvalue weighted by molar-refractivity contribution is 5.66. The van der Waals surface area contributed by atoms with Gasteiger partial charge >= 0.3 is 5.97 Å². The minimum absolute atomic E-state index is 0.290. The summed E-state index contributed by atoms with van der Waals surface area (Å²) in [4.78, 5) is 10.5. The predicted octanol–water partition coefficient (Wildman–Crippen LogP) is 7.43. The predicted molar refractivity (Wildman–Crippen MR) is 113 cm³/mol. The number of phenolic OH excluding ortho intramolecular Hbond substituents is 1. The number of benzene rings is 1. The summed E-state index contributed by atoms with van der Waals surface area (Å²) in [6, 6.07) is 7.80. The van der Waals surface area contributed by atoms with Crippen LogP contribution in [0.4, 0.5) is 0 Å². The molecule has 2 N–H and O–H groups in total. The van der Waals surface area contributed by atoms with Crippen LogP contribution in [0.3, 0.4) is 0 Å². The van der Waals surface area contributed by atoms with E-state index in [4.69, 9.17) is 5.11 Å². The van der Waals surface area contributed by atoms with Gasteiger partial charge in [0.1, 0.15) is 5.75 Å². The summed E-state index contributed by atoms with van der Waals surface area (Å²) in [5, 5.41) is 18.9. The van der Waals surface area contributed by atoms with Crippen LogP contribution in [0.5, 0.6) is 5.75 Å². The normalized spacial score (nSPS) is 12.2. The minimum Gasteiger partial charge on any atom is -0.508 e. The van der Waals surface area contributed by atoms with Crippen LogP contribution in [0.25, 0.3) is 0 Å². The number of aromatic hydroxyl groups is 1. The lowest BCUT2D eigenvalue weighted by Crippen LogP contribution is -2.00. The summed E-state index contributed by atoms with van der Waals surface area (Å²) in [7, 11) is 0.